The first-order valence-electron chi connectivity index (χ1n) is 9.46. The normalized spacial score (nSPS) is 17.5. The second-order valence-electron chi connectivity index (χ2n) is 6.99. The highest BCUT2D eigenvalue weighted by Gasteiger charge is 2.41. The van der Waals surface area contributed by atoms with Crippen LogP contribution < -0.4 is 15.0 Å². The van der Waals surface area contributed by atoms with E-state index >= 15 is 0 Å². The van der Waals surface area contributed by atoms with Gasteiger partial charge in [0.1, 0.15) is 22.4 Å². The monoisotopic (exact) mass is 421 g/mol. The van der Waals surface area contributed by atoms with Crippen molar-refractivity contribution in [3.63, 3.8) is 0 Å². The molecule has 0 saturated carbocycles. The summed E-state index contributed by atoms with van der Waals surface area (Å²) in [6.07, 6.45) is 0.477. The number of carbonyl (C=O) groups is 2. The van der Waals surface area contributed by atoms with E-state index in [9.17, 15) is 14.9 Å². The second-order valence-corrected chi connectivity index (χ2v) is 8.18. The molecule has 1 saturated heterocycles. The molecule has 1 heterocycles. The number of likely N-dealkylation sites (N-methyl/N-ethyl adjacent to an activating group) is 1. The largest absolute Gasteiger partial charge is 0.497 e. The lowest BCUT2D eigenvalue weighted by molar-refractivity contribution is -0.117. The molecule has 1 aliphatic heterocycles. The highest BCUT2D eigenvalue weighted by Crippen LogP contribution is 2.43. The number of carbonyl (C=O) groups excluding carboxylic acids is 2. The Bertz CT molecular complexity index is 1050. The Morgan fingerprint density at radius 1 is 1.23 bits per heavy atom. The average Bonchev–Trinajstić information content (AvgIpc) is 3.04. The van der Waals surface area contributed by atoms with E-state index in [0.717, 1.165) is 22.4 Å². The van der Waals surface area contributed by atoms with E-state index in [1.807, 2.05) is 62.4 Å². The molecule has 2 amide bonds. The van der Waals surface area contributed by atoms with Crippen LogP contribution in [-0.4, -0.2) is 31.2 Å². The number of aryl methyl sites for hydroxylation is 2. The van der Waals surface area contributed by atoms with Crippen LogP contribution >= 0.6 is 11.8 Å². The Labute approximate surface area is 180 Å². The highest BCUT2D eigenvalue weighted by molar-refractivity contribution is 8.05. The molecule has 0 aromatic heterocycles. The number of anilines is 1. The van der Waals surface area contributed by atoms with Crippen LogP contribution in [-0.2, 0) is 16.0 Å². The number of nitriles is 1. The summed E-state index contributed by atoms with van der Waals surface area (Å²) in [6.45, 7) is 3.90. The van der Waals surface area contributed by atoms with Crippen LogP contribution in [0.25, 0.3) is 0 Å². The van der Waals surface area contributed by atoms with E-state index in [2.05, 4.69) is 5.32 Å². The van der Waals surface area contributed by atoms with Crippen molar-refractivity contribution in [2.24, 2.45) is 0 Å². The van der Waals surface area contributed by atoms with Gasteiger partial charge in [0.2, 0.25) is 5.91 Å². The van der Waals surface area contributed by atoms with Gasteiger partial charge < -0.3 is 10.1 Å². The summed E-state index contributed by atoms with van der Waals surface area (Å²) in [5, 5.41) is 12.1. The number of hydrogen-bond donors (Lipinski definition) is 1. The predicted octanol–water partition coefficient (Wildman–Crippen LogP) is 3.48. The van der Waals surface area contributed by atoms with Gasteiger partial charge in [0.25, 0.3) is 5.91 Å². The van der Waals surface area contributed by atoms with E-state index in [-0.39, 0.29) is 11.5 Å². The molecule has 2 aromatic carbocycles. The van der Waals surface area contributed by atoms with Crippen molar-refractivity contribution in [1.29, 1.82) is 5.26 Å². The van der Waals surface area contributed by atoms with Crippen molar-refractivity contribution in [2.75, 3.05) is 19.1 Å². The molecular weight excluding hydrogens is 398 g/mol. The van der Waals surface area contributed by atoms with Crippen molar-refractivity contribution in [2.45, 2.75) is 25.5 Å². The van der Waals surface area contributed by atoms with E-state index in [0.29, 0.717) is 17.1 Å². The number of nitrogens with one attached hydrogen (secondary N) is 1. The van der Waals surface area contributed by atoms with Gasteiger partial charge in [-0.25, -0.2) is 0 Å². The minimum Gasteiger partial charge on any atom is -0.497 e. The average molecular weight is 422 g/mol. The van der Waals surface area contributed by atoms with Gasteiger partial charge in [-0.15, -0.1) is 0 Å². The zero-order valence-corrected chi connectivity index (χ0v) is 18.2. The maximum atomic E-state index is 13.4. The third-order valence-corrected chi connectivity index (χ3v) is 6.17. The molecule has 0 aliphatic carbocycles. The Hall–Kier alpha value is -3.24. The Kier molecular flexibility index (Phi) is 6.48. The van der Waals surface area contributed by atoms with Crippen molar-refractivity contribution < 1.29 is 14.3 Å². The number of amides is 2. The fraction of sp³-hybridized carbons (Fsp3) is 0.261. The van der Waals surface area contributed by atoms with Crippen molar-refractivity contribution >= 4 is 29.3 Å². The van der Waals surface area contributed by atoms with Crippen LogP contribution in [0.1, 0.15) is 16.7 Å². The lowest BCUT2D eigenvalue weighted by Gasteiger charge is -2.21. The van der Waals surface area contributed by atoms with Gasteiger partial charge in [-0.1, -0.05) is 41.6 Å². The Morgan fingerprint density at radius 3 is 2.50 bits per heavy atom. The minimum absolute atomic E-state index is 0.0620. The van der Waals surface area contributed by atoms with Gasteiger partial charge in [-0.3, -0.25) is 14.5 Å². The lowest BCUT2D eigenvalue weighted by Crippen LogP contribution is -2.32. The maximum absolute atomic E-state index is 13.4. The molecule has 0 bridgehead atoms. The number of rotatable bonds is 5. The standard InChI is InChI=1S/C23H23N3O3S/c1-14-5-10-19(15(2)11-14)26-22(28)20(12-16-6-8-17(29-4)9-7-16)30-23(26)18(13-24)21(27)25-3/h5-11,20H,12H2,1-4H3,(H,25,27)/b23-18+/t20-/m1/s1. The number of methoxy groups -OCH3 is 1. The number of benzene rings is 2. The van der Waals surface area contributed by atoms with Crippen LogP contribution in [0.3, 0.4) is 0 Å². The topological polar surface area (TPSA) is 82.4 Å². The van der Waals surface area contributed by atoms with Crippen LogP contribution in [0.5, 0.6) is 5.75 Å². The summed E-state index contributed by atoms with van der Waals surface area (Å²) >= 11 is 1.26. The predicted molar refractivity (Wildman–Crippen MR) is 118 cm³/mol. The number of nitrogens with zero attached hydrogens (tertiary/aromatic N) is 2. The van der Waals surface area contributed by atoms with Crippen molar-refractivity contribution in [3.05, 3.63) is 69.8 Å². The first-order chi connectivity index (χ1) is 14.4. The zero-order valence-electron chi connectivity index (χ0n) is 17.4. The van der Waals surface area contributed by atoms with Crippen LogP contribution in [0.4, 0.5) is 5.69 Å². The SMILES string of the molecule is CNC(=O)/C(C#N)=C1/S[C@H](Cc2ccc(OC)cc2)C(=O)N1c1ccc(C)cc1C. The van der Waals surface area contributed by atoms with Gasteiger partial charge in [0.15, 0.2) is 0 Å². The third-order valence-electron chi connectivity index (χ3n) is 4.91. The molecule has 1 atom stereocenters. The summed E-state index contributed by atoms with van der Waals surface area (Å²) in [4.78, 5) is 27.3. The van der Waals surface area contributed by atoms with Crippen LogP contribution in [0, 0.1) is 25.2 Å². The van der Waals surface area contributed by atoms with E-state index in [1.165, 1.54) is 23.7 Å². The van der Waals surface area contributed by atoms with Gasteiger partial charge in [0, 0.05) is 7.05 Å². The molecule has 0 radical (unpaired) electrons. The van der Waals surface area contributed by atoms with E-state index in [1.54, 1.807) is 7.11 Å². The van der Waals surface area contributed by atoms with Gasteiger partial charge in [-0.05, 0) is 49.6 Å². The molecule has 3 rings (SSSR count). The first kappa shape index (κ1) is 21.5. The van der Waals surface area contributed by atoms with E-state index < -0.39 is 11.2 Å². The van der Waals surface area contributed by atoms with Gasteiger partial charge >= 0.3 is 0 Å². The molecule has 2 aromatic rings. The lowest BCUT2D eigenvalue weighted by atomic mass is 10.1. The Morgan fingerprint density at radius 2 is 1.93 bits per heavy atom. The van der Waals surface area contributed by atoms with Crippen LogP contribution in [0.2, 0.25) is 0 Å². The summed E-state index contributed by atoms with van der Waals surface area (Å²) in [7, 11) is 3.07. The minimum atomic E-state index is -0.507. The molecule has 1 N–H and O–H groups in total. The summed E-state index contributed by atoms with van der Waals surface area (Å²) in [6, 6.07) is 15.3. The molecule has 1 aliphatic rings. The number of hydrogen-bond acceptors (Lipinski definition) is 5. The second kappa shape index (κ2) is 9.06. The molecule has 7 heteroatoms. The molecule has 30 heavy (non-hydrogen) atoms. The third kappa shape index (κ3) is 4.19. The summed E-state index contributed by atoms with van der Waals surface area (Å²) in [5.41, 5.74) is 3.57. The highest BCUT2D eigenvalue weighted by atomic mass is 32.2. The molecule has 1 fully saturated rings. The van der Waals surface area contributed by atoms with Crippen molar-refractivity contribution in [1.82, 2.24) is 5.32 Å². The molecule has 6 nitrogen and oxygen atoms in total. The smallest absolute Gasteiger partial charge is 0.264 e. The zero-order chi connectivity index (χ0) is 21.8. The van der Waals surface area contributed by atoms with Gasteiger partial charge in [-0.2, -0.15) is 5.26 Å². The van der Waals surface area contributed by atoms with Crippen molar-refractivity contribution in [3.8, 4) is 11.8 Å². The molecule has 154 valence electrons. The summed E-state index contributed by atoms with van der Waals surface area (Å²) in [5.74, 6) is 0.0927. The maximum Gasteiger partial charge on any atom is 0.264 e. The molecule has 0 unspecified atom stereocenters. The fourth-order valence-electron chi connectivity index (χ4n) is 3.36. The summed E-state index contributed by atoms with van der Waals surface area (Å²) < 4.78 is 5.19. The molecule has 0 spiro atoms. The van der Waals surface area contributed by atoms with Crippen LogP contribution in [0.15, 0.2) is 53.1 Å². The molecular formula is C23H23N3O3S. The fourth-order valence-corrected chi connectivity index (χ4v) is 4.66. The number of ether oxygens (including phenoxy) is 1. The number of thioether (sulfide) groups is 1. The van der Waals surface area contributed by atoms with Gasteiger partial charge in [0.05, 0.1) is 18.0 Å². The Balaban J connectivity index is 2.04. The first-order valence-corrected chi connectivity index (χ1v) is 10.3. The van der Waals surface area contributed by atoms with E-state index in [4.69, 9.17) is 4.74 Å². The quantitative estimate of drug-likeness (QED) is 0.590.